The number of anilines is 1. The molecule has 2 amide bonds. The predicted molar refractivity (Wildman–Crippen MR) is 113 cm³/mol. The van der Waals surface area contributed by atoms with Crippen LogP contribution in [0.1, 0.15) is 41.3 Å². The number of hydrogen-bond acceptors (Lipinski definition) is 3. The second-order valence-corrected chi connectivity index (χ2v) is 7.57. The summed E-state index contributed by atoms with van der Waals surface area (Å²) in [7, 11) is 0. The average molecular weight is 442 g/mol. The summed E-state index contributed by atoms with van der Waals surface area (Å²) in [4.78, 5) is 27.6. The Morgan fingerprint density at radius 1 is 1.12 bits per heavy atom. The first-order valence-electron chi connectivity index (χ1n) is 10.1. The molecule has 2 atom stereocenters. The summed E-state index contributed by atoms with van der Waals surface area (Å²) in [6.07, 6.45) is -2.91. The van der Waals surface area contributed by atoms with Crippen LogP contribution in [0.5, 0.6) is 0 Å². The van der Waals surface area contributed by atoms with Crippen LogP contribution in [0.2, 0.25) is 0 Å². The summed E-state index contributed by atoms with van der Waals surface area (Å²) in [6.45, 7) is 3.94. The van der Waals surface area contributed by atoms with Gasteiger partial charge in [0.1, 0.15) is 11.9 Å². The maximum atomic E-state index is 13.3. The number of halogens is 3. The minimum atomic E-state index is -4.57. The lowest BCUT2D eigenvalue weighted by Gasteiger charge is -2.36. The van der Waals surface area contributed by atoms with Crippen molar-refractivity contribution in [3.8, 4) is 5.69 Å². The number of benzene rings is 2. The Morgan fingerprint density at radius 2 is 1.84 bits per heavy atom. The minimum Gasteiger partial charge on any atom is -0.340 e. The fraction of sp³-hybridized carbons (Fsp3) is 0.261. The number of aromatic nitrogens is 2. The molecule has 166 valence electrons. The molecule has 2 heterocycles. The second-order valence-electron chi connectivity index (χ2n) is 7.57. The van der Waals surface area contributed by atoms with Crippen LogP contribution in [0.3, 0.4) is 0 Å². The van der Waals surface area contributed by atoms with Crippen LogP contribution in [0, 0.1) is 0 Å². The molecule has 0 spiro atoms. The third kappa shape index (κ3) is 3.74. The van der Waals surface area contributed by atoms with Gasteiger partial charge in [-0.2, -0.15) is 18.3 Å². The van der Waals surface area contributed by atoms with Crippen molar-refractivity contribution in [1.29, 1.82) is 0 Å². The molecule has 1 aliphatic heterocycles. The first kappa shape index (κ1) is 21.6. The molecule has 9 heteroatoms. The molecule has 0 radical (unpaired) electrons. The van der Waals surface area contributed by atoms with Crippen molar-refractivity contribution in [3.63, 3.8) is 0 Å². The standard InChI is InChI=1S/C23H21F3N4O2/c1-3-29-21-18(13-27-30(21)17-10-5-4-6-11-17)14(2)19(22(29)32)28-20(31)15-8-7-9-16(12-15)23(24,25)26/h4-14,19H,3H2,1-2H3,(H,28,31). The van der Waals surface area contributed by atoms with Crippen LogP contribution in [-0.4, -0.2) is 34.2 Å². The van der Waals surface area contributed by atoms with Crippen molar-refractivity contribution < 1.29 is 22.8 Å². The van der Waals surface area contributed by atoms with E-state index in [9.17, 15) is 22.8 Å². The number of nitrogens with one attached hydrogen (secondary N) is 1. The Hall–Kier alpha value is -3.62. The normalized spacial score (nSPS) is 18.4. The monoisotopic (exact) mass is 442 g/mol. The largest absolute Gasteiger partial charge is 0.416 e. The number of fused-ring (bicyclic) bond motifs is 1. The van der Waals surface area contributed by atoms with Crippen molar-refractivity contribution in [1.82, 2.24) is 15.1 Å². The fourth-order valence-corrected chi connectivity index (χ4v) is 3.92. The van der Waals surface area contributed by atoms with Crippen LogP contribution < -0.4 is 10.2 Å². The Bertz CT molecular complexity index is 1160. The van der Waals surface area contributed by atoms with Gasteiger partial charge in [-0.25, -0.2) is 4.68 Å². The average Bonchev–Trinajstić information content (AvgIpc) is 3.22. The van der Waals surface area contributed by atoms with Gasteiger partial charge in [-0.05, 0) is 37.3 Å². The number of amides is 2. The summed E-state index contributed by atoms with van der Waals surface area (Å²) >= 11 is 0. The second kappa shape index (κ2) is 8.14. The lowest BCUT2D eigenvalue weighted by atomic mass is 9.89. The van der Waals surface area contributed by atoms with Gasteiger partial charge in [0.25, 0.3) is 11.8 Å². The number of likely N-dealkylation sites (N-methyl/N-ethyl adjacent to an activating group) is 1. The molecule has 1 aliphatic rings. The van der Waals surface area contributed by atoms with Crippen LogP contribution >= 0.6 is 0 Å². The molecule has 0 saturated carbocycles. The van der Waals surface area contributed by atoms with Crippen molar-refractivity contribution in [2.75, 3.05) is 11.4 Å². The van der Waals surface area contributed by atoms with E-state index in [2.05, 4.69) is 10.4 Å². The highest BCUT2D eigenvalue weighted by molar-refractivity contribution is 6.04. The number of para-hydroxylation sites is 1. The summed E-state index contributed by atoms with van der Waals surface area (Å²) in [5, 5.41) is 7.08. The van der Waals surface area contributed by atoms with E-state index >= 15 is 0 Å². The first-order chi connectivity index (χ1) is 15.2. The summed E-state index contributed by atoms with van der Waals surface area (Å²) in [5.74, 6) is -0.880. The van der Waals surface area contributed by atoms with Gasteiger partial charge in [-0.15, -0.1) is 0 Å². The molecule has 2 aromatic carbocycles. The van der Waals surface area contributed by atoms with Crippen molar-refractivity contribution in [3.05, 3.63) is 77.5 Å². The van der Waals surface area contributed by atoms with E-state index in [0.29, 0.717) is 12.4 Å². The summed E-state index contributed by atoms with van der Waals surface area (Å²) < 4.78 is 40.7. The molecule has 32 heavy (non-hydrogen) atoms. The molecule has 1 aromatic heterocycles. The Balaban J connectivity index is 1.66. The lowest BCUT2D eigenvalue weighted by Crippen LogP contribution is -2.54. The highest BCUT2D eigenvalue weighted by Crippen LogP contribution is 2.37. The zero-order valence-electron chi connectivity index (χ0n) is 17.4. The third-order valence-corrected chi connectivity index (χ3v) is 5.61. The Labute approximate surface area is 182 Å². The minimum absolute atomic E-state index is 0.159. The van der Waals surface area contributed by atoms with Gasteiger partial charge in [0.05, 0.1) is 17.4 Å². The molecule has 0 saturated heterocycles. The number of hydrogen-bond donors (Lipinski definition) is 1. The van der Waals surface area contributed by atoms with Gasteiger partial charge in [0.15, 0.2) is 0 Å². The van der Waals surface area contributed by atoms with E-state index in [0.717, 1.165) is 23.4 Å². The number of alkyl halides is 3. The lowest BCUT2D eigenvalue weighted by molar-refractivity contribution is -0.137. The highest BCUT2D eigenvalue weighted by atomic mass is 19.4. The maximum Gasteiger partial charge on any atom is 0.416 e. The number of carbonyl (C=O) groups is 2. The molecule has 3 aromatic rings. The van der Waals surface area contributed by atoms with Gasteiger partial charge in [-0.1, -0.05) is 31.2 Å². The van der Waals surface area contributed by atoms with Crippen molar-refractivity contribution >= 4 is 17.6 Å². The van der Waals surface area contributed by atoms with Gasteiger partial charge >= 0.3 is 6.18 Å². The zero-order valence-corrected chi connectivity index (χ0v) is 17.4. The van der Waals surface area contributed by atoms with Gasteiger partial charge in [0.2, 0.25) is 0 Å². The third-order valence-electron chi connectivity index (χ3n) is 5.61. The zero-order chi connectivity index (χ0) is 23.0. The first-order valence-corrected chi connectivity index (χ1v) is 10.1. The number of rotatable bonds is 4. The molecule has 4 rings (SSSR count). The van der Waals surface area contributed by atoms with Crippen LogP contribution in [0.25, 0.3) is 5.69 Å². The van der Waals surface area contributed by atoms with Gasteiger partial charge < -0.3 is 5.32 Å². The van der Waals surface area contributed by atoms with Gasteiger partial charge in [-0.3, -0.25) is 14.5 Å². The SMILES string of the molecule is CCN1C(=O)C(NC(=O)c2cccc(C(F)(F)F)c2)C(C)c2cnn(-c3ccccc3)c21. The predicted octanol–water partition coefficient (Wildman–Crippen LogP) is 4.16. The van der Waals surface area contributed by atoms with Gasteiger partial charge in [0, 0.05) is 23.6 Å². The molecular weight excluding hydrogens is 421 g/mol. The van der Waals surface area contributed by atoms with E-state index in [-0.39, 0.29) is 11.5 Å². The quantitative estimate of drug-likeness (QED) is 0.660. The van der Waals surface area contributed by atoms with E-state index in [4.69, 9.17) is 0 Å². The highest BCUT2D eigenvalue weighted by Gasteiger charge is 2.41. The number of carbonyl (C=O) groups excluding carboxylic acids is 2. The smallest absolute Gasteiger partial charge is 0.340 e. The fourth-order valence-electron chi connectivity index (χ4n) is 3.92. The number of nitrogens with zero attached hydrogens (tertiary/aromatic N) is 3. The van der Waals surface area contributed by atoms with Crippen molar-refractivity contribution in [2.45, 2.75) is 32.0 Å². The van der Waals surface area contributed by atoms with Crippen LogP contribution in [0.4, 0.5) is 19.0 Å². The molecule has 0 bridgehead atoms. The molecule has 6 nitrogen and oxygen atoms in total. The molecular formula is C23H21F3N4O2. The molecule has 2 unspecified atom stereocenters. The summed E-state index contributed by atoms with van der Waals surface area (Å²) in [6, 6.07) is 12.6. The van der Waals surface area contributed by atoms with E-state index < -0.39 is 29.6 Å². The topological polar surface area (TPSA) is 67.2 Å². The maximum absolute atomic E-state index is 13.3. The Morgan fingerprint density at radius 3 is 2.50 bits per heavy atom. The summed E-state index contributed by atoms with van der Waals surface area (Å²) in [5.41, 5.74) is 0.478. The van der Waals surface area contributed by atoms with Crippen molar-refractivity contribution in [2.24, 2.45) is 0 Å². The molecule has 1 N–H and O–H groups in total. The van der Waals surface area contributed by atoms with Crippen LogP contribution in [-0.2, 0) is 11.0 Å². The Kier molecular flexibility index (Phi) is 5.50. The van der Waals surface area contributed by atoms with E-state index in [1.165, 1.54) is 17.0 Å². The molecule has 0 fully saturated rings. The molecule has 0 aliphatic carbocycles. The van der Waals surface area contributed by atoms with E-state index in [1.807, 2.05) is 37.3 Å². The van der Waals surface area contributed by atoms with Crippen LogP contribution in [0.15, 0.2) is 60.8 Å². The van der Waals surface area contributed by atoms with E-state index in [1.54, 1.807) is 17.8 Å².